The van der Waals surface area contributed by atoms with Crippen molar-refractivity contribution in [1.82, 2.24) is 0 Å². The van der Waals surface area contributed by atoms with Gasteiger partial charge >= 0.3 is 0 Å². The van der Waals surface area contributed by atoms with E-state index in [0.717, 1.165) is 17.8 Å². The molecule has 1 aliphatic heterocycles. The molecule has 0 radical (unpaired) electrons. The molecule has 0 saturated carbocycles. The normalized spacial score (nSPS) is 23.5. The summed E-state index contributed by atoms with van der Waals surface area (Å²) in [6.07, 6.45) is 1.76. The molecular formula is C10H10Cl2O3S2. The minimum absolute atomic E-state index is 0.0822. The van der Waals surface area contributed by atoms with Crippen molar-refractivity contribution in [3.8, 4) is 0 Å². The molecule has 1 unspecified atom stereocenters. The Morgan fingerprint density at radius 1 is 1.35 bits per heavy atom. The van der Waals surface area contributed by atoms with Gasteiger partial charge in [0.1, 0.15) is 9.59 Å². The fourth-order valence-electron chi connectivity index (χ4n) is 1.93. The zero-order valence-corrected chi connectivity index (χ0v) is 11.9. The van der Waals surface area contributed by atoms with Crippen molar-refractivity contribution in [3.63, 3.8) is 0 Å². The van der Waals surface area contributed by atoms with Crippen molar-refractivity contribution in [3.05, 3.63) is 20.3 Å². The van der Waals surface area contributed by atoms with E-state index in [-0.39, 0.29) is 15.7 Å². The van der Waals surface area contributed by atoms with Crippen LogP contribution in [0.4, 0.5) is 0 Å². The third-order valence-electron chi connectivity index (χ3n) is 2.79. The molecule has 7 heteroatoms. The molecule has 0 spiro atoms. The zero-order chi connectivity index (χ0) is 12.6. The van der Waals surface area contributed by atoms with E-state index in [1.807, 2.05) is 0 Å². The molecule has 1 fully saturated rings. The Hall–Kier alpha value is -0.100. The third kappa shape index (κ3) is 2.67. The lowest BCUT2D eigenvalue weighted by molar-refractivity contribution is 0.0982. The van der Waals surface area contributed by atoms with Gasteiger partial charge in [-0.2, -0.15) is 0 Å². The van der Waals surface area contributed by atoms with E-state index in [1.54, 1.807) is 0 Å². The van der Waals surface area contributed by atoms with Gasteiger partial charge in [-0.1, -0.05) is 29.6 Å². The molecule has 1 aliphatic rings. The lowest BCUT2D eigenvalue weighted by Gasteiger charge is -2.20. The highest BCUT2D eigenvalue weighted by Gasteiger charge is 2.36. The molecule has 1 aromatic heterocycles. The standard InChI is InChI=1S/C10H10Cl2O3S2/c11-8-5-6(10(12)16-8)9(13)7-3-1-2-4-17(7,14)15/h5,7H,1-4H2. The summed E-state index contributed by atoms with van der Waals surface area (Å²) in [5, 5.41) is -0.945. The van der Waals surface area contributed by atoms with Crippen molar-refractivity contribution < 1.29 is 13.2 Å². The Morgan fingerprint density at radius 2 is 2.06 bits per heavy atom. The van der Waals surface area contributed by atoms with E-state index in [9.17, 15) is 13.2 Å². The first-order valence-corrected chi connectivity index (χ1v) is 8.41. The molecule has 1 atom stereocenters. The van der Waals surface area contributed by atoms with Gasteiger partial charge in [0.25, 0.3) is 0 Å². The molecule has 2 rings (SSSR count). The predicted octanol–water partition coefficient (Wildman–Crippen LogP) is 3.20. The van der Waals surface area contributed by atoms with Crippen molar-refractivity contribution in [2.45, 2.75) is 24.5 Å². The predicted molar refractivity (Wildman–Crippen MR) is 70.1 cm³/mol. The Labute approximate surface area is 114 Å². The molecule has 17 heavy (non-hydrogen) atoms. The fraction of sp³-hybridized carbons (Fsp3) is 0.500. The number of sulfone groups is 1. The van der Waals surface area contributed by atoms with Gasteiger partial charge in [-0.05, 0) is 18.9 Å². The van der Waals surface area contributed by atoms with Gasteiger partial charge < -0.3 is 0 Å². The van der Waals surface area contributed by atoms with E-state index in [1.165, 1.54) is 6.07 Å². The number of ketones is 1. The van der Waals surface area contributed by atoms with Crippen molar-refractivity contribution in [2.24, 2.45) is 0 Å². The second kappa shape index (κ2) is 4.88. The largest absolute Gasteiger partial charge is 0.293 e. The van der Waals surface area contributed by atoms with Crippen molar-refractivity contribution >= 4 is 50.2 Å². The number of halogens is 2. The summed E-state index contributed by atoms with van der Waals surface area (Å²) >= 11 is 12.7. The van der Waals surface area contributed by atoms with Crippen LogP contribution in [0.1, 0.15) is 29.6 Å². The minimum atomic E-state index is -3.33. The summed E-state index contributed by atoms with van der Waals surface area (Å²) in [6.45, 7) is 0. The molecular weight excluding hydrogens is 303 g/mol. The molecule has 0 N–H and O–H groups in total. The average Bonchev–Trinajstić information content (AvgIpc) is 2.56. The highest BCUT2D eigenvalue weighted by atomic mass is 35.5. The van der Waals surface area contributed by atoms with Gasteiger partial charge in [0.2, 0.25) is 0 Å². The summed E-state index contributed by atoms with van der Waals surface area (Å²) in [7, 11) is -3.33. The summed E-state index contributed by atoms with van der Waals surface area (Å²) in [5.74, 6) is -0.336. The molecule has 94 valence electrons. The quantitative estimate of drug-likeness (QED) is 0.788. The van der Waals surface area contributed by atoms with E-state index in [2.05, 4.69) is 0 Å². The van der Waals surface area contributed by atoms with Crippen LogP contribution in [-0.4, -0.2) is 25.2 Å². The van der Waals surface area contributed by atoms with Crippen LogP contribution in [0, 0.1) is 0 Å². The maximum Gasteiger partial charge on any atom is 0.183 e. The number of hydrogen-bond donors (Lipinski definition) is 0. The van der Waals surface area contributed by atoms with Crippen LogP contribution in [0.2, 0.25) is 8.67 Å². The van der Waals surface area contributed by atoms with Crippen LogP contribution < -0.4 is 0 Å². The number of Topliss-reactive ketones (excluding diaryl/α,β-unsaturated/α-hetero) is 1. The smallest absolute Gasteiger partial charge is 0.183 e. The second-order valence-corrected chi connectivity index (χ2v) is 8.54. The van der Waals surface area contributed by atoms with Gasteiger partial charge in [-0.3, -0.25) is 4.79 Å². The maximum absolute atomic E-state index is 12.1. The number of rotatable bonds is 2. The first-order chi connectivity index (χ1) is 7.92. The van der Waals surface area contributed by atoms with Gasteiger partial charge in [0.15, 0.2) is 15.6 Å². The van der Waals surface area contributed by atoms with Crippen LogP contribution in [0.5, 0.6) is 0 Å². The fourth-order valence-corrected chi connectivity index (χ4v) is 5.27. The molecule has 1 aromatic rings. The van der Waals surface area contributed by atoms with E-state index in [0.29, 0.717) is 17.2 Å². The zero-order valence-electron chi connectivity index (χ0n) is 8.78. The van der Waals surface area contributed by atoms with Crippen LogP contribution in [0.3, 0.4) is 0 Å². The monoisotopic (exact) mass is 312 g/mol. The molecule has 0 bridgehead atoms. The molecule has 0 aromatic carbocycles. The molecule has 1 saturated heterocycles. The van der Waals surface area contributed by atoms with Gasteiger partial charge in [-0.15, -0.1) is 11.3 Å². The van der Waals surface area contributed by atoms with Crippen molar-refractivity contribution in [1.29, 1.82) is 0 Å². The van der Waals surface area contributed by atoms with Gasteiger partial charge in [-0.25, -0.2) is 8.42 Å². The SMILES string of the molecule is O=C(c1cc(Cl)sc1Cl)C1CCCCS1(=O)=O. The number of hydrogen-bond acceptors (Lipinski definition) is 4. The third-order valence-corrected chi connectivity index (χ3v) is 6.46. The summed E-state index contributed by atoms with van der Waals surface area (Å²) in [6, 6.07) is 1.45. The molecule has 0 amide bonds. The van der Waals surface area contributed by atoms with Crippen LogP contribution in [-0.2, 0) is 9.84 Å². The van der Waals surface area contributed by atoms with Crippen LogP contribution in [0.15, 0.2) is 6.07 Å². The molecule has 0 aliphatic carbocycles. The lowest BCUT2D eigenvalue weighted by atomic mass is 10.1. The number of carbonyl (C=O) groups is 1. The Morgan fingerprint density at radius 3 is 2.59 bits per heavy atom. The first-order valence-electron chi connectivity index (χ1n) is 5.12. The number of thiophene rings is 1. The average molecular weight is 313 g/mol. The second-order valence-electron chi connectivity index (χ2n) is 3.95. The summed E-state index contributed by atoms with van der Waals surface area (Å²) in [5.41, 5.74) is 0.233. The molecule has 3 nitrogen and oxygen atoms in total. The Bertz CT molecular complexity index is 548. The highest BCUT2D eigenvalue weighted by molar-refractivity contribution is 7.92. The topological polar surface area (TPSA) is 51.2 Å². The minimum Gasteiger partial charge on any atom is -0.293 e. The summed E-state index contributed by atoms with van der Waals surface area (Å²) < 4.78 is 24.3. The van der Waals surface area contributed by atoms with Crippen LogP contribution >= 0.6 is 34.5 Å². The molecule has 2 heterocycles. The highest BCUT2D eigenvalue weighted by Crippen LogP contribution is 2.34. The first kappa shape index (κ1) is 13.3. The Kier molecular flexibility index (Phi) is 3.83. The maximum atomic E-state index is 12.1. The van der Waals surface area contributed by atoms with Gasteiger partial charge in [0.05, 0.1) is 15.7 Å². The van der Waals surface area contributed by atoms with Gasteiger partial charge in [0, 0.05) is 0 Å². The van der Waals surface area contributed by atoms with Crippen LogP contribution in [0.25, 0.3) is 0 Å². The Balaban J connectivity index is 2.34. The lowest BCUT2D eigenvalue weighted by Crippen LogP contribution is -2.35. The van der Waals surface area contributed by atoms with E-state index < -0.39 is 20.9 Å². The van der Waals surface area contributed by atoms with E-state index in [4.69, 9.17) is 23.2 Å². The van der Waals surface area contributed by atoms with Crippen molar-refractivity contribution in [2.75, 3.05) is 5.75 Å². The number of carbonyl (C=O) groups excluding carboxylic acids is 1. The summed E-state index contributed by atoms with van der Waals surface area (Å²) in [4.78, 5) is 12.1. The van der Waals surface area contributed by atoms with E-state index >= 15 is 0 Å².